The van der Waals surface area contributed by atoms with E-state index >= 15 is 0 Å². The zero-order chi connectivity index (χ0) is 21.2. The van der Waals surface area contributed by atoms with Gasteiger partial charge >= 0.3 is 0 Å². The van der Waals surface area contributed by atoms with Crippen molar-refractivity contribution in [3.05, 3.63) is 58.6 Å². The number of nitrogens with zero attached hydrogens (tertiary/aromatic N) is 2. The van der Waals surface area contributed by atoms with Gasteiger partial charge < -0.3 is 9.32 Å². The first kappa shape index (κ1) is 20.9. The van der Waals surface area contributed by atoms with Gasteiger partial charge in [-0.3, -0.25) is 9.78 Å². The molecule has 3 aromatic rings. The Morgan fingerprint density at radius 2 is 2.00 bits per heavy atom. The number of benzene rings is 1. The van der Waals surface area contributed by atoms with Gasteiger partial charge in [-0.25, -0.2) is 0 Å². The third-order valence-corrected chi connectivity index (χ3v) is 7.89. The number of carbonyl (C=O) groups is 1. The summed E-state index contributed by atoms with van der Waals surface area (Å²) in [6.07, 6.45) is 10.7. The van der Waals surface area contributed by atoms with E-state index in [9.17, 15) is 4.79 Å². The lowest BCUT2D eigenvalue weighted by Gasteiger charge is -2.28. The van der Waals surface area contributed by atoms with Crippen LogP contribution in [-0.4, -0.2) is 27.6 Å². The lowest BCUT2D eigenvalue weighted by Crippen LogP contribution is -2.39. The predicted octanol–water partition coefficient (Wildman–Crippen LogP) is 6.42. The predicted molar refractivity (Wildman–Crippen MR) is 126 cm³/mol. The van der Waals surface area contributed by atoms with Crippen molar-refractivity contribution in [3.8, 4) is 0 Å². The van der Waals surface area contributed by atoms with Crippen LogP contribution in [0.2, 0.25) is 5.02 Å². The van der Waals surface area contributed by atoms with Gasteiger partial charge in [0.25, 0.3) is 0 Å². The van der Waals surface area contributed by atoms with E-state index in [-0.39, 0.29) is 5.91 Å². The number of amides is 1. The van der Waals surface area contributed by atoms with Crippen LogP contribution < -0.4 is 0 Å². The van der Waals surface area contributed by atoms with Crippen molar-refractivity contribution in [2.24, 2.45) is 0 Å². The van der Waals surface area contributed by atoms with Crippen LogP contribution in [-0.2, 0) is 24.2 Å². The molecule has 31 heavy (non-hydrogen) atoms. The number of fused-ring (bicyclic) bond motifs is 2. The molecule has 2 heterocycles. The summed E-state index contributed by atoms with van der Waals surface area (Å²) in [5, 5.41) is 1.81. The first-order valence-corrected chi connectivity index (χ1v) is 12.6. The average Bonchev–Trinajstić information content (AvgIpc) is 3.49. The molecule has 4 nitrogen and oxygen atoms in total. The Labute approximate surface area is 192 Å². The van der Waals surface area contributed by atoms with E-state index in [1.807, 2.05) is 29.2 Å². The first-order chi connectivity index (χ1) is 15.2. The second kappa shape index (κ2) is 9.25. The molecule has 1 saturated carbocycles. The maximum Gasteiger partial charge on any atom is 0.233 e. The number of carbonyl (C=O) groups excluding carboxylic acids is 1. The fraction of sp³-hybridized carbons (Fsp3) is 0.440. The van der Waals surface area contributed by atoms with Gasteiger partial charge in [-0.15, -0.1) is 11.8 Å². The van der Waals surface area contributed by atoms with E-state index in [0.29, 0.717) is 23.4 Å². The quantitative estimate of drug-likeness (QED) is 0.403. The molecule has 1 amide bonds. The number of hydrogen-bond donors (Lipinski definition) is 0. The van der Waals surface area contributed by atoms with Crippen LogP contribution in [0.25, 0.3) is 10.9 Å². The van der Waals surface area contributed by atoms with Gasteiger partial charge in [0, 0.05) is 27.0 Å². The Bertz CT molecular complexity index is 1080. The van der Waals surface area contributed by atoms with E-state index in [1.54, 1.807) is 18.0 Å². The van der Waals surface area contributed by atoms with E-state index in [1.165, 1.54) is 41.8 Å². The second-order valence-corrected chi connectivity index (χ2v) is 9.98. The lowest BCUT2D eigenvalue weighted by atomic mass is 9.94. The van der Waals surface area contributed by atoms with Gasteiger partial charge in [0.2, 0.25) is 5.91 Å². The van der Waals surface area contributed by atoms with Crippen LogP contribution in [0.15, 0.2) is 45.9 Å². The molecule has 0 spiro atoms. The molecular weight excluding hydrogens is 428 g/mol. The van der Waals surface area contributed by atoms with E-state index < -0.39 is 0 Å². The highest BCUT2D eigenvalue weighted by Gasteiger charge is 2.28. The molecule has 6 heteroatoms. The molecule has 0 radical (unpaired) electrons. The second-order valence-electron chi connectivity index (χ2n) is 8.56. The Kier molecular flexibility index (Phi) is 6.24. The molecule has 2 aliphatic rings. The minimum absolute atomic E-state index is 0.191. The molecule has 0 unspecified atom stereocenters. The summed E-state index contributed by atoms with van der Waals surface area (Å²) in [5.41, 5.74) is 3.45. The monoisotopic (exact) mass is 454 g/mol. The molecule has 0 bridgehead atoms. The molecule has 162 valence electrons. The number of furan rings is 1. The minimum atomic E-state index is 0.191. The first-order valence-electron chi connectivity index (χ1n) is 11.2. The van der Waals surface area contributed by atoms with Gasteiger partial charge in [-0.1, -0.05) is 30.5 Å². The summed E-state index contributed by atoms with van der Waals surface area (Å²) in [7, 11) is 0. The molecule has 0 atom stereocenters. The summed E-state index contributed by atoms with van der Waals surface area (Å²) < 4.78 is 5.56. The highest BCUT2D eigenvalue weighted by molar-refractivity contribution is 8.00. The highest BCUT2D eigenvalue weighted by Crippen LogP contribution is 2.37. The van der Waals surface area contributed by atoms with Crippen LogP contribution in [0.5, 0.6) is 0 Å². The Morgan fingerprint density at radius 3 is 2.81 bits per heavy atom. The van der Waals surface area contributed by atoms with Crippen LogP contribution >= 0.6 is 23.4 Å². The molecule has 0 aliphatic heterocycles. The smallest absolute Gasteiger partial charge is 0.233 e. The lowest BCUT2D eigenvalue weighted by molar-refractivity contribution is -0.131. The van der Waals surface area contributed by atoms with Crippen molar-refractivity contribution >= 4 is 40.2 Å². The average molecular weight is 455 g/mol. The number of halogens is 1. The van der Waals surface area contributed by atoms with Crippen molar-refractivity contribution < 1.29 is 9.21 Å². The molecule has 1 aromatic carbocycles. The molecule has 2 aromatic heterocycles. The van der Waals surface area contributed by atoms with Crippen LogP contribution in [0.1, 0.15) is 55.5 Å². The van der Waals surface area contributed by atoms with Crippen molar-refractivity contribution in [2.75, 3.05) is 5.75 Å². The van der Waals surface area contributed by atoms with Gasteiger partial charge in [0.05, 0.1) is 24.1 Å². The van der Waals surface area contributed by atoms with E-state index in [4.69, 9.17) is 21.0 Å². The largest absolute Gasteiger partial charge is 0.467 e. The van der Waals surface area contributed by atoms with Crippen LogP contribution in [0.4, 0.5) is 0 Å². The zero-order valence-electron chi connectivity index (χ0n) is 17.6. The molecule has 2 aliphatic carbocycles. The van der Waals surface area contributed by atoms with Crippen molar-refractivity contribution in [2.45, 2.75) is 68.8 Å². The van der Waals surface area contributed by atoms with Crippen LogP contribution in [0, 0.1) is 0 Å². The fourth-order valence-electron chi connectivity index (χ4n) is 4.94. The minimum Gasteiger partial charge on any atom is -0.467 e. The van der Waals surface area contributed by atoms with Gasteiger partial charge in [0.15, 0.2) is 0 Å². The van der Waals surface area contributed by atoms with Gasteiger partial charge in [-0.05, 0) is 68.4 Å². The number of aromatic nitrogens is 1. The van der Waals surface area contributed by atoms with E-state index in [0.717, 1.165) is 42.3 Å². The third-order valence-electron chi connectivity index (χ3n) is 6.50. The van der Waals surface area contributed by atoms with Gasteiger partial charge in [-0.2, -0.15) is 0 Å². The Balaban J connectivity index is 1.41. The number of pyridine rings is 1. The molecule has 5 rings (SSSR count). The Hall–Kier alpha value is -1.98. The summed E-state index contributed by atoms with van der Waals surface area (Å²) in [4.78, 5) is 21.6. The number of aryl methyl sites for hydroxylation is 1. The summed E-state index contributed by atoms with van der Waals surface area (Å²) in [6.45, 7) is 0.557. The van der Waals surface area contributed by atoms with Crippen molar-refractivity contribution in [1.82, 2.24) is 9.88 Å². The standard InChI is InChI=1S/C25H27ClN2O2S/c26-17-11-12-21-23(14-17)27-22-10-4-3-9-20(22)25(21)31-16-24(29)28(18-6-1-2-7-18)15-19-8-5-13-30-19/h5,8,11-14,18H,1-4,6-7,9-10,15-16H2. The molecule has 0 N–H and O–H groups in total. The normalized spacial score (nSPS) is 16.5. The zero-order valence-corrected chi connectivity index (χ0v) is 19.2. The highest BCUT2D eigenvalue weighted by atomic mass is 35.5. The fourth-order valence-corrected chi connectivity index (χ4v) is 6.27. The molecule has 0 saturated heterocycles. The van der Waals surface area contributed by atoms with Crippen molar-refractivity contribution in [3.63, 3.8) is 0 Å². The number of thioether (sulfide) groups is 1. The number of hydrogen-bond acceptors (Lipinski definition) is 4. The molecule has 1 fully saturated rings. The Morgan fingerprint density at radius 1 is 1.16 bits per heavy atom. The summed E-state index contributed by atoms with van der Waals surface area (Å²) in [6, 6.07) is 10.1. The SMILES string of the molecule is O=C(CSc1c2c(nc3cc(Cl)ccc13)CCCC2)N(Cc1ccco1)C1CCCC1. The number of rotatable bonds is 6. The summed E-state index contributed by atoms with van der Waals surface area (Å²) >= 11 is 7.92. The maximum absolute atomic E-state index is 13.4. The van der Waals surface area contributed by atoms with Crippen molar-refractivity contribution in [1.29, 1.82) is 0 Å². The van der Waals surface area contributed by atoms with Crippen LogP contribution in [0.3, 0.4) is 0 Å². The maximum atomic E-state index is 13.4. The third kappa shape index (κ3) is 4.49. The molecular formula is C25H27ClN2O2S. The summed E-state index contributed by atoms with van der Waals surface area (Å²) in [5.74, 6) is 1.48. The van der Waals surface area contributed by atoms with Gasteiger partial charge in [0.1, 0.15) is 5.76 Å². The van der Waals surface area contributed by atoms with E-state index in [2.05, 4.69) is 6.07 Å². The topological polar surface area (TPSA) is 46.3 Å².